The molecule has 0 aromatic rings. The average molecular weight is 141 g/mol. The van der Waals surface area contributed by atoms with Crippen LogP contribution in [-0.4, -0.2) is 0 Å². The topological polar surface area (TPSA) is 31.5 Å². The van der Waals surface area contributed by atoms with Gasteiger partial charge >= 0.3 is 0 Å². The fourth-order valence-electron chi connectivity index (χ4n) is 0.800. The second-order valence-electron chi connectivity index (χ2n) is 2.33. The third-order valence-corrected chi connectivity index (χ3v) is 1.38. The van der Waals surface area contributed by atoms with Crippen LogP contribution in [0.1, 0.15) is 39.0 Å². The van der Waals surface area contributed by atoms with Crippen molar-refractivity contribution in [1.29, 1.82) is 0 Å². The fraction of sp³-hybridized carbons (Fsp3) is 0.750. The summed E-state index contributed by atoms with van der Waals surface area (Å²) in [5, 5.41) is 0. The third-order valence-electron chi connectivity index (χ3n) is 1.38. The third kappa shape index (κ3) is 7.50. The Morgan fingerprint density at radius 1 is 1.30 bits per heavy atom. The average Bonchev–Trinajstić information content (AvgIpc) is 1.97. The lowest BCUT2D eigenvalue weighted by Gasteiger charge is -1.92. The zero-order chi connectivity index (χ0) is 7.66. The van der Waals surface area contributed by atoms with Crippen LogP contribution in [-0.2, 0) is 4.84 Å². The van der Waals surface area contributed by atoms with Gasteiger partial charge in [-0.25, -0.2) is 0 Å². The molecule has 0 amide bonds. The van der Waals surface area contributed by atoms with Gasteiger partial charge in [-0.1, -0.05) is 26.2 Å². The van der Waals surface area contributed by atoms with Gasteiger partial charge in [-0.05, 0) is 18.9 Å². The summed E-state index contributed by atoms with van der Waals surface area (Å²) in [6, 6.07) is 0. The molecule has 0 saturated heterocycles. The van der Waals surface area contributed by atoms with Crippen LogP contribution >= 0.6 is 0 Å². The number of nitrogens with zero attached hydrogens (tertiary/aromatic N) is 1. The summed E-state index contributed by atoms with van der Waals surface area (Å²) in [5.41, 5.74) is 0. The van der Waals surface area contributed by atoms with E-state index in [1.165, 1.54) is 31.9 Å². The molecule has 0 aliphatic carbocycles. The predicted molar refractivity (Wildman–Crippen MR) is 41.1 cm³/mol. The molecule has 0 unspecified atom stereocenters. The Hall–Kier alpha value is -0.500. The SMILES string of the molecule is CCCCCC/C=C/O[N]. The molecule has 2 heteroatoms. The van der Waals surface area contributed by atoms with E-state index in [1.807, 2.05) is 6.08 Å². The van der Waals surface area contributed by atoms with Gasteiger partial charge in [0, 0.05) is 0 Å². The van der Waals surface area contributed by atoms with E-state index in [-0.39, 0.29) is 0 Å². The Balaban J connectivity index is 2.83. The maximum absolute atomic E-state index is 7.88. The first-order chi connectivity index (χ1) is 4.91. The molecule has 0 saturated carbocycles. The molecule has 10 heavy (non-hydrogen) atoms. The largest absolute Gasteiger partial charge is 0.376 e. The van der Waals surface area contributed by atoms with Gasteiger partial charge in [-0.3, -0.25) is 0 Å². The monoisotopic (exact) mass is 141 g/mol. The predicted octanol–water partition coefficient (Wildman–Crippen LogP) is 2.47. The maximum atomic E-state index is 7.88. The zero-order valence-corrected chi connectivity index (χ0v) is 6.55. The highest BCUT2D eigenvalue weighted by molar-refractivity contribution is 4.71. The Morgan fingerprint density at radius 3 is 2.70 bits per heavy atom. The van der Waals surface area contributed by atoms with Crippen molar-refractivity contribution >= 4 is 0 Å². The lowest BCUT2D eigenvalue weighted by Crippen LogP contribution is -1.75. The van der Waals surface area contributed by atoms with Gasteiger partial charge in [0.25, 0.3) is 0 Å². The molecular formula is C8H15NO. The first-order valence-corrected chi connectivity index (χ1v) is 3.87. The van der Waals surface area contributed by atoms with Crippen molar-refractivity contribution in [2.45, 2.75) is 39.0 Å². The first-order valence-electron chi connectivity index (χ1n) is 3.87. The summed E-state index contributed by atoms with van der Waals surface area (Å²) in [5.74, 6) is 7.88. The minimum Gasteiger partial charge on any atom is -0.376 e. The molecule has 58 valence electrons. The van der Waals surface area contributed by atoms with Gasteiger partial charge in [0.15, 0.2) is 0 Å². The molecule has 0 aliphatic rings. The van der Waals surface area contributed by atoms with E-state index >= 15 is 0 Å². The van der Waals surface area contributed by atoms with Crippen molar-refractivity contribution in [1.82, 2.24) is 5.90 Å². The molecule has 0 rings (SSSR count). The van der Waals surface area contributed by atoms with Crippen molar-refractivity contribution in [2.75, 3.05) is 0 Å². The quantitative estimate of drug-likeness (QED) is 0.317. The molecule has 0 aromatic carbocycles. The van der Waals surface area contributed by atoms with E-state index < -0.39 is 0 Å². The molecular weight excluding hydrogens is 126 g/mol. The van der Waals surface area contributed by atoms with E-state index in [2.05, 4.69) is 11.8 Å². The fourth-order valence-corrected chi connectivity index (χ4v) is 0.800. The highest BCUT2D eigenvalue weighted by Crippen LogP contribution is 2.02. The van der Waals surface area contributed by atoms with Crippen LogP contribution in [0.15, 0.2) is 12.3 Å². The van der Waals surface area contributed by atoms with Gasteiger partial charge < -0.3 is 4.84 Å². The Kier molecular flexibility index (Phi) is 8.07. The lowest BCUT2D eigenvalue weighted by atomic mass is 10.2. The molecule has 0 fully saturated rings. The molecule has 0 bridgehead atoms. The lowest BCUT2D eigenvalue weighted by molar-refractivity contribution is 0.235. The maximum Gasteiger partial charge on any atom is 0.111 e. The van der Waals surface area contributed by atoms with Crippen LogP contribution in [0.3, 0.4) is 0 Å². The van der Waals surface area contributed by atoms with Crippen molar-refractivity contribution in [3.63, 3.8) is 0 Å². The van der Waals surface area contributed by atoms with Crippen molar-refractivity contribution in [2.24, 2.45) is 0 Å². The molecule has 2 radical (unpaired) electrons. The second-order valence-corrected chi connectivity index (χ2v) is 2.33. The van der Waals surface area contributed by atoms with Gasteiger partial charge in [0.2, 0.25) is 0 Å². The molecule has 0 heterocycles. The Bertz CT molecular complexity index is 81.3. The summed E-state index contributed by atoms with van der Waals surface area (Å²) in [6.07, 6.45) is 9.16. The molecule has 0 aromatic heterocycles. The number of rotatable bonds is 6. The van der Waals surface area contributed by atoms with Crippen LogP contribution < -0.4 is 5.90 Å². The van der Waals surface area contributed by atoms with Crippen LogP contribution in [0.4, 0.5) is 0 Å². The highest BCUT2D eigenvalue weighted by Gasteiger charge is 1.83. The Morgan fingerprint density at radius 2 is 2.10 bits per heavy atom. The normalized spacial score (nSPS) is 10.6. The summed E-state index contributed by atoms with van der Waals surface area (Å²) in [6.45, 7) is 2.19. The van der Waals surface area contributed by atoms with Crippen LogP contribution in [0.5, 0.6) is 0 Å². The number of allylic oxidation sites excluding steroid dienone is 1. The standard InChI is InChI=1S/C8H15NO/c1-2-3-4-5-6-7-8-10-9/h7-8H,2-6H2,1H3/b8-7+. The van der Waals surface area contributed by atoms with Crippen molar-refractivity contribution in [3.05, 3.63) is 12.3 Å². The van der Waals surface area contributed by atoms with E-state index in [1.54, 1.807) is 0 Å². The van der Waals surface area contributed by atoms with E-state index in [4.69, 9.17) is 5.90 Å². The number of hydrogen-bond acceptors (Lipinski definition) is 1. The minimum absolute atomic E-state index is 1.00. The van der Waals surface area contributed by atoms with Crippen molar-refractivity contribution in [3.8, 4) is 0 Å². The molecule has 0 N–H and O–H groups in total. The van der Waals surface area contributed by atoms with Gasteiger partial charge in [0.05, 0.1) is 0 Å². The van der Waals surface area contributed by atoms with Crippen LogP contribution in [0.2, 0.25) is 0 Å². The summed E-state index contributed by atoms with van der Waals surface area (Å²) >= 11 is 0. The van der Waals surface area contributed by atoms with Gasteiger partial charge in [-0.15, -0.1) is 0 Å². The molecule has 0 spiro atoms. The Labute approximate surface area is 63.0 Å². The van der Waals surface area contributed by atoms with Gasteiger partial charge in [0.1, 0.15) is 12.2 Å². The molecule has 0 atom stereocenters. The summed E-state index contributed by atoms with van der Waals surface area (Å²) < 4.78 is 0. The van der Waals surface area contributed by atoms with Gasteiger partial charge in [-0.2, -0.15) is 0 Å². The van der Waals surface area contributed by atoms with Crippen LogP contribution in [0.25, 0.3) is 0 Å². The summed E-state index contributed by atoms with van der Waals surface area (Å²) in [7, 11) is 0. The van der Waals surface area contributed by atoms with E-state index in [0.717, 1.165) is 6.42 Å². The summed E-state index contributed by atoms with van der Waals surface area (Å²) in [4.78, 5) is 3.77. The minimum atomic E-state index is 1.00. The smallest absolute Gasteiger partial charge is 0.111 e. The van der Waals surface area contributed by atoms with Crippen molar-refractivity contribution < 1.29 is 4.84 Å². The second kappa shape index (κ2) is 8.50. The number of unbranched alkanes of at least 4 members (excludes halogenated alkanes) is 4. The number of hydrogen-bond donors (Lipinski definition) is 0. The van der Waals surface area contributed by atoms with E-state index in [0.29, 0.717) is 0 Å². The zero-order valence-electron chi connectivity index (χ0n) is 6.55. The van der Waals surface area contributed by atoms with Crippen LogP contribution in [0, 0.1) is 0 Å². The first kappa shape index (κ1) is 9.50. The molecule has 2 nitrogen and oxygen atoms in total. The highest BCUT2D eigenvalue weighted by atomic mass is 16.6. The van der Waals surface area contributed by atoms with E-state index in [9.17, 15) is 0 Å². The molecule has 0 aliphatic heterocycles.